The van der Waals surface area contributed by atoms with E-state index in [1.165, 1.54) is 11.4 Å². The largest absolute Gasteiger partial charge is 0.497 e. The molecule has 0 bridgehead atoms. The number of carbonyl (C=O) groups is 2. The van der Waals surface area contributed by atoms with Crippen LogP contribution in [0.15, 0.2) is 47.4 Å². The summed E-state index contributed by atoms with van der Waals surface area (Å²) in [5.74, 6) is 1.59. The molecule has 2 aromatic rings. The number of rotatable bonds is 7. The fraction of sp³-hybridized carbons (Fsp3) is 0.500. The molecule has 0 unspecified atom stereocenters. The molecular weight excluding hydrogens is 508 g/mol. The maximum Gasteiger partial charge on any atom is 0.243 e. The number of sulfonamides is 1. The SMILES string of the molecule is COc1cccc(S(=O)(=O)N2CCC3(CCN(C(=O)CCC(=O)c4ccc5c(c4)OCCCO5)C3)CC2)c1. The normalized spacial score (nSPS) is 19.2. The summed E-state index contributed by atoms with van der Waals surface area (Å²) in [5, 5.41) is 0. The van der Waals surface area contributed by atoms with Crippen LogP contribution in [-0.4, -0.2) is 75.8 Å². The molecule has 3 aliphatic heterocycles. The van der Waals surface area contributed by atoms with E-state index in [4.69, 9.17) is 14.2 Å². The Kier molecular flexibility index (Phi) is 7.63. The Morgan fingerprint density at radius 3 is 2.45 bits per heavy atom. The van der Waals surface area contributed by atoms with E-state index in [1.807, 2.05) is 4.90 Å². The zero-order valence-electron chi connectivity index (χ0n) is 21.7. The molecule has 10 heteroatoms. The Morgan fingerprint density at radius 1 is 0.947 bits per heavy atom. The lowest BCUT2D eigenvalue weighted by molar-refractivity contribution is -0.130. The second-order valence-corrected chi connectivity index (χ2v) is 12.2. The molecule has 5 rings (SSSR count). The molecule has 0 aromatic heterocycles. The van der Waals surface area contributed by atoms with Crippen molar-refractivity contribution in [1.29, 1.82) is 0 Å². The number of nitrogens with zero attached hydrogens (tertiary/aromatic N) is 2. The van der Waals surface area contributed by atoms with Gasteiger partial charge in [-0.2, -0.15) is 4.31 Å². The van der Waals surface area contributed by atoms with Crippen LogP contribution in [0, 0.1) is 5.41 Å². The smallest absolute Gasteiger partial charge is 0.243 e. The van der Waals surface area contributed by atoms with Gasteiger partial charge in [0.15, 0.2) is 17.3 Å². The van der Waals surface area contributed by atoms with Crippen molar-refractivity contribution < 1.29 is 32.2 Å². The highest BCUT2D eigenvalue weighted by molar-refractivity contribution is 7.89. The Morgan fingerprint density at radius 2 is 1.68 bits per heavy atom. The zero-order valence-corrected chi connectivity index (χ0v) is 22.5. The van der Waals surface area contributed by atoms with Crippen molar-refractivity contribution >= 4 is 21.7 Å². The number of fused-ring (bicyclic) bond motifs is 1. The molecule has 2 fully saturated rings. The summed E-state index contributed by atoms with van der Waals surface area (Å²) in [5.41, 5.74) is 0.443. The molecule has 204 valence electrons. The predicted octanol–water partition coefficient (Wildman–Crippen LogP) is 3.52. The molecule has 1 spiro atoms. The van der Waals surface area contributed by atoms with Gasteiger partial charge in [0.25, 0.3) is 0 Å². The van der Waals surface area contributed by atoms with E-state index < -0.39 is 10.0 Å². The predicted molar refractivity (Wildman–Crippen MR) is 140 cm³/mol. The van der Waals surface area contributed by atoms with Crippen molar-refractivity contribution in [3.8, 4) is 17.2 Å². The van der Waals surface area contributed by atoms with E-state index in [2.05, 4.69) is 0 Å². The van der Waals surface area contributed by atoms with Crippen LogP contribution in [0.5, 0.6) is 17.2 Å². The fourth-order valence-corrected chi connectivity index (χ4v) is 7.00. The summed E-state index contributed by atoms with van der Waals surface area (Å²) in [7, 11) is -2.09. The number of hydrogen-bond acceptors (Lipinski definition) is 7. The fourth-order valence-electron chi connectivity index (χ4n) is 5.53. The molecule has 0 N–H and O–H groups in total. The number of ketones is 1. The first-order valence-electron chi connectivity index (χ1n) is 13.1. The number of benzene rings is 2. The summed E-state index contributed by atoms with van der Waals surface area (Å²) >= 11 is 0. The minimum atomic E-state index is -3.60. The van der Waals surface area contributed by atoms with Gasteiger partial charge in [-0.3, -0.25) is 9.59 Å². The molecule has 0 saturated carbocycles. The Labute approximate surface area is 223 Å². The molecule has 9 nitrogen and oxygen atoms in total. The zero-order chi connectivity index (χ0) is 26.8. The third kappa shape index (κ3) is 5.51. The Bertz CT molecular complexity index is 1300. The van der Waals surface area contributed by atoms with Gasteiger partial charge in [0.05, 0.1) is 25.2 Å². The number of amides is 1. The highest BCUT2D eigenvalue weighted by atomic mass is 32.2. The van der Waals surface area contributed by atoms with Gasteiger partial charge in [-0.25, -0.2) is 8.42 Å². The summed E-state index contributed by atoms with van der Waals surface area (Å²) in [6, 6.07) is 11.7. The molecule has 1 amide bonds. The van der Waals surface area contributed by atoms with E-state index >= 15 is 0 Å². The minimum Gasteiger partial charge on any atom is -0.497 e. The highest BCUT2D eigenvalue weighted by Gasteiger charge is 2.44. The van der Waals surface area contributed by atoms with Crippen LogP contribution in [0.2, 0.25) is 0 Å². The van der Waals surface area contributed by atoms with Gasteiger partial charge in [-0.15, -0.1) is 0 Å². The third-order valence-corrected chi connectivity index (χ3v) is 9.78. The van der Waals surface area contributed by atoms with Crippen LogP contribution in [-0.2, 0) is 14.8 Å². The van der Waals surface area contributed by atoms with E-state index in [1.54, 1.807) is 42.5 Å². The summed E-state index contributed by atoms with van der Waals surface area (Å²) in [6.45, 7) is 3.22. The van der Waals surface area contributed by atoms with Gasteiger partial charge < -0.3 is 19.1 Å². The van der Waals surface area contributed by atoms with E-state index in [9.17, 15) is 18.0 Å². The molecule has 0 aliphatic carbocycles. The molecule has 3 heterocycles. The van der Waals surface area contributed by atoms with E-state index in [-0.39, 0.29) is 34.8 Å². The van der Waals surface area contributed by atoms with Gasteiger partial charge in [0.1, 0.15) is 5.75 Å². The topological polar surface area (TPSA) is 102 Å². The second-order valence-electron chi connectivity index (χ2n) is 10.3. The van der Waals surface area contributed by atoms with Gasteiger partial charge in [0, 0.05) is 57.1 Å². The number of carbonyl (C=O) groups excluding carboxylic acids is 2. The molecule has 38 heavy (non-hydrogen) atoms. The first kappa shape index (κ1) is 26.5. The van der Waals surface area contributed by atoms with Crippen molar-refractivity contribution in [3.05, 3.63) is 48.0 Å². The van der Waals surface area contributed by atoms with Crippen LogP contribution in [0.1, 0.15) is 48.9 Å². The number of methoxy groups -OCH3 is 1. The van der Waals surface area contributed by atoms with Crippen molar-refractivity contribution in [3.63, 3.8) is 0 Å². The monoisotopic (exact) mass is 542 g/mol. The number of ether oxygens (including phenoxy) is 3. The maximum atomic E-state index is 13.2. The summed E-state index contributed by atoms with van der Waals surface area (Å²) in [6.07, 6.45) is 3.34. The van der Waals surface area contributed by atoms with Gasteiger partial charge in [-0.1, -0.05) is 6.07 Å². The van der Waals surface area contributed by atoms with E-state index in [0.717, 1.165) is 12.8 Å². The van der Waals surface area contributed by atoms with Gasteiger partial charge in [0.2, 0.25) is 15.9 Å². The van der Waals surface area contributed by atoms with E-state index in [0.29, 0.717) is 75.0 Å². The number of hydrogen-bond donors (Lipinski definition) is 0. The lowest BCUT2D eigenvalue weighted by Gasteiger charge is -2.38. The number of piperidine rings is 1. The van der Waals surface area contributed by atoms with Crippen molar-refractivity contribution in [2.75, 3.05) is 46.5 Å². The third-order valence-electron chi connectivity index (χ3n) is 7.89. The molecular formula is C28H34N2O7S. The summed E-state index contributed by atoms with van der Waals surface area (Å²) in [4.78, 5) is 27.8. The quantitative estimate of drug-likeness (QED) is 0.493. The molecule has 0 radical (unpaired) electrons. The Hall–Kier alpha value is -3.11. The van der Waals surface area contributed by atoms with Crippen LogP contribution in [0.3, 0.4) is 0 Å². The van der Waals surface area contributed by atoms with Crippen LogP contribution in [0.25, 0.3) is 0 Å². The number of Topliss-reactive ketones (excluding diaryl/α,β-unsaturated/α-hetero) is 1. The van der Waals surface area contributed by atoms with Crippen molar-refractivity contribution in [2.45, 2.75) is 43.4 Å². The van der Waals surface area contributed by atoms with Gasteiger partial charge >= 0.3 is 0 Å². The van der Waals surface area contributed by atoms with Crippen LogP contribution < -0.4 is 14.2 Å². The molecule has 3 aliphatic rings. The highest BCUT2D eigenvalue weighted by Crippen LogP contribution is 2.42. The lowest BCUT2D eigenvalue weighted by atomic mass is 9.78. The van der Waals surface area contributed by atoms with Gasteiger partial charge in [-0.05, 0) is 55.0 Å². The average molecular weight is 543 g/mol. The standard InChI is InChI=1S/C28H34N2O7S/c1-35-22-4-2-5-23(19-22)38(33,34)30-14-11-28(12-15-30)10-13-29(20-28)27(32)9-7-24(31)21-6-8-25-26(18-21)37-17-3-16-36-25/h2,4-6,8,18-19H,3,7,9-17,20H2,1H3. The molecule has 2 saturated heterocycles. The van der Waals surface area contributed by atoms with Crippen LogP contribution >= 0.6 is 0 Å². The minimum absolute atomic E-state index is 0.0315. The van der Waals surface area contributed by atoms with Crippen molar-refractivity contribution in [2.24, 2.45) is 5.41 Å². The molecule has 0 atom stereocenters. The lowest BCUT2D eigenvalue weighted by Crippen LogP contribution is -2.44. The number of likely N-dealkylation sites (tertiary alicyclic amines) is 1. The van der Waals surface area contributed by atoms with Crippen molar-refractivity contribution in [1.82, 2.24) is 9.21 Å². The second kappa shape index (κ2) is 10.9. The first-order valence-corrected chi connectivity index (χ1v) is 14.6. The average Bonchev–Trinajstić information content (AvgIpc) is 3.20. The van der Waals surface area contributed by atoms with Crippen LogP contribution in [0.4, 0.5) is 0 Å². The maximum absolute atomic E-state index is 13.2. The Balaban J connectivity index is 1.13. The first-order chi connectivity index (χ1) is 18.3. The summed E-state index contributed by atoms with van der Waals surface area (Å²) < 4.78 is 44.3. The molecule has 2 aromatic carbocycles.